The predicted molar refractivity (Wildman–Crippen MR) is 114 cm³/mol. The lowest BCUT2D eigenvalue weighted by atomic mass is 10.2. The number of aryl methyl sites for hydroxylation is 1. The summed E-state index contributed by atoms with van der Waals surface area (Å²) in [6.07, 6.45) is 0. The van der Waals surface area contributed by atoms with Crippen molar-refractivity contribution >= 4 is 48.9 Å². The van der Waals surface area contributed by atoms with Crippen LogP contribution in [-0.4, -0.2) is 43.5 Å². The van der Waals surface area contributed by atoms with Gasteiger partial charge in [-0.15, -0.1) is 0 Å². The lowest BCUT2D eigenvalue weighted by molar-refractivity contribution is 0.385. The molecular weight excluding hydrogens is 418 g/mol. The minimum absolute atomic E-state index is 0.0674. The number of hydrogen-bond donors (Lipinski definition) is 0. The van der Waals surface area contributed by atoms with Crippen molar-refractivity contribution in [3.05, 3.63) is 57.2 Å². The van der Waals surface area contributed by atoms with Gasteiger partial charge in [0.25, 0.3) is 0 Å². The lowest BCUT2D eigenvalue weighted by Gasteiger charge is -2.35. The summed E-state index contributed by atoms with van der Waals surface area (Å²) in [6.45, 7) is 4.47. The van der Waals surface area contributed by atoms with E-state index in [0.717, 1.165) is 22.5 Å². The third-order valence-corrected chi connectivity index (χ3v) is 8.08. The largest absolute Gasteiger partial charge is 0.369 e. The molecule has 0 N–H and O–H groups in total. The summed E-state index contributed by atoms with van der Waals surface area (Å²) in [4.78, 5) is 14.3. The van der Waals surface area contributed by atoms with E-state index in [9.17, 15) is 13.2 Å². The summed E-state index contributed by atoms with van der Waals surface area (Å²) >= 11 is 7.14. The van der Waals surface area contributed by atoms with Crippen LogP contribution in [0.2, 0.25) is 5.02 Å². The molecule has 3 aromatic rings. The Morgan fingerprint density at radius 1 is 1.07 bits per heavy atom. The summed E-state index contributed by atoms with van der Waals surface area (Å²) < 4.78 is 30.1. The molecular formula is C19H20ClN3O3S2. The fourth-order valence-corrected chi connectivity index (χ4v) is 6.22. The zero-order chi connectivity index (χ0) is 19.9. The third kappa shape index (κ3) is 3.45. The monoisotopic (exact) mass is 437 g/mol. The number of thiazole rings is 1. The van der Waals surface area contributed by atoms with Gasteiger partial charge in [-0.3, -0.25) is 9.36 Å². The number of hydrogen-bond acceptors (Lipinski definition) is 5. The van der Waals surface area contributed by atoms with Crippen LogP contribution < -0.4 is 9.77 Å². The number of fused-ring (bicyclic) bond motifs is 1. The average molecular weight is 438 g/mol. The Bertz CT molecular complexity index is 1180. The van der Waals surface area contributed by atoms with Gasteiger partial charge >= 0.3 is 4.87 Å². The number of piperazine rings is 1. The number of rotatable bonds is 4. The van der Waals surface area contributed by atoms with E-state index in [2.05, 4.69) is 4.90 Å². The zero-order valence-electron chi connectivity index (χ0n) is 15.3. The van der Waals surface area contributed by atoms with Gasteiger partial charge in [0.2, 0.25) is 10.0 Å². The van der Waals surface area contributed by atoms with Crippen LogP contribution in [0.3, 0.4) is 0 Å². The lowest BCUT2D eigenvalue weighted by Crippen LogP contribution is -2.48. The van der Waals surface area contributed by atoms with Crippen molar-refractivity contribution in [2.45, 2.75) is 18.4 Å². The molecule has 0 spiro atoms. The molecule has 28 heavy (non-hydrogen) atoms. The molecule has 0 amide bonds. The van der Waals surface area contributed by atoms with E-state index >= 15 is 0 Å². The number of sulfonamides is 1. The van der Waals surface area contributed by atoms with E-state index in [0.29, 0.717) is 42.4 Å². The molecule has 2 heterocycles. The van der Waals surface area contributed by atoms with Gasteiger partial charge in [-0.2, -0.15) is 4.31 Å². The molecule has 6 nitrogen and oxygen atoms in total. The Morgan fingerprint density at radius 2 is 1.82 bits per heavy atom. The highest BCUT2D eigenvalue weighted by atomic mass is 35.5. The number of anilines is 1. The van der Waals surface area contributed by atoms with Gasteiger partial charge in [-0.1, -0.05) is 29.0 Å². The standard InChI is InChI=1S/C19H20ClN3O3S2/c1-2-23-17-7-6-16(13-18(17)27-19(23)24)28(25,26)22-10-8-21(9-11-22)15-5-3-4-14(20)12-15/h3-7,12-13H,2,8-11H2,1H3. The third-order valence-electron chi connectivity index (χ3n) is 5.01. The number of benzene rings is 2. The van der Waals surface area contributed by atoms with Gasteiger partial charge in [-0.05, 0) is 43.3 Å². The van der Waals surface area contributed by atoms with Crippen LogP contribution >= 0.6 is 22.9 Å². The van der Waals surface area contributed by atoms with Gasteiger partial charge < -0.3 is 4.90 Å². The van der Waals surface area contributed by atoms with Gasteiger partial charge in [0.15, 0.2) is 0 Å². The molecule has 2 aromatic carbocycles. The molecule has 1 fully saturated rings. The first-order chi connectivity index (χ1) is 13.4. The molecule has 1 saturated heterocycles. The van der Waals surface area contributed by atoms with Crippen LogP contribution in [0, 0.1) is 0 Å². The maximum absolute atomic E-state index is 13.1. The van der Waals surface area contributed by atoms with Crippen molar-refractivity contribution in [3.63, 3.8) is 0 Å². The first kappa shape index (κ1) is 19.4. The van der Waals surface area contributed by atoms with E-state index in [-0.39, 0.29) is 9.77 Å². The topological polar surface area (TPSA) is 62.6 Å². The summed E-state index contributed by atoms with van der Waals surface area (Å²) in [5.74, 6) is 0. The fourth-order valence-electron chi connectivity index (χ4n) is 3.52. The molecule has 1 aliphatic rings. The molecule has 148 valence electrons. The van der Waals surface area contributed by atoms with Gasteiger partial charge in [0.05, 0.1) is 15.1 Å². The molecule has 1 aliphatic heterocycles. The van der Waals surface area contributed by atoms with Gasteiger partial charge in [-0.25, -0.2) is 8.42 Å². The highest BCUT2D eigenvalue weighted by molar-refractivity contribution is 7.89. The zero-order valence-corrected chi connectivity index (χ0v) is 17.7. The highest BCUT2D eigenvalue weighted by Gasteiger charge is 2.29. The summed E-state index contributed by atoms with van der Waals surface area (Å²) in [7, 11) is -3.60. The normalized spacial score (nSPS) is 16.0. The molecule has 0 saturated carbocycles. The summed E-state index contributed by atoms with van der Waals surface area (Å²) in [5.41, 5.74) is 1.78. The molecule has 1 aromatic heterocycles. The Labute approximate surface area is 172 Å². The number of halogens is 1. The molecule has 0 aliphatic carbocycles. The van der Waals surface area contributed by atoms with E-state index in [1.165, 1.54) is 4.31 Å². The van der Waals surface area contributed by atoms with Crippen molar-refractivity contribution in [1.82, 2.24) is 8.87 Å². The van der Waals surface area contributed by atoms with Crippen LogP contribution in [0.4, 0.5) is 5.69 Å². The van der Waals surface area contributed by atoms with E-state index in [1.54, 1.807) is 22.8 Å². The van der Waals surface area contributed by atoms with Crippen molar-refractivity contribution in [2.24, 2.45) is 0 Å². The molecule has 0 atom stereocenters. The molecule has 0 bridgehead atoms. The van der Waals surface area contributed by atoms with Crippen LogP contribution in [0.5, 0.6) is 0 Å². The van der Waals surface area contributed by atoms with Crippen molar-refractivity contribution in [3.8, 4) is 0 Å². The van der Waals surface area contributed by atoms with Crippen molar-refractivity contribution < 1.29 is 8.42 Å². The van der Waals surface area contributed by atoms with Crippen LogP contribution in [0.25, 0.3) is 10.2 Å². The molecule has 0 radical (unpaired) electrons. The van der Waals surface area contributed by atoms with Crippen LogP contribution in [-0.2, 0) is 16.6 Å². The SMILES string of the molecule is CCn1c(=O)sc2cc(S(=O)(=O)N3CCN(c4cccc(Cl)c4)CC3)ccc21. The van der Waals surface area contributed by atoms with E-state index < -0.39 is 10.0 Å². The van der Waals surface area contributed by atoms with Crippen molar-refractivity contribution in [1.29, 1.82) is 0 Å². The maximum Gasteiger partial charge on any atom is 0.308 e. The minimum Gasteiger partial charge on any atom is -0.369 e. The smallest absolute Gasteiger partial charge is 0.308 e. The Hall–Kier alpha value is -1.87. The number of aromatic nitrogens is 1. The van der Waals surface area contributed by atoms with E-state index in [1.807, 2.05) is 31.2 Å². The molecule has 0 unspecified atom stereocenters. The first-order valence-corrected chi connectivity index (χ1v) is 11.7. The van der Waals surface area contributed by atoms with Gasteiger partial charge in [0.1, 0.15) is 0 Å². The average Bonchev–Trinajstić information content (AvgIpc) is 3.02. The molecule has 9 heteroatoms. The Kier molecular flexibility index (Phi) is 5.22. The maximum atomic E-state index is 13.1. The Balaban J connectivity index is 1.56. The fraction of sp³-hybridized carbons (Fsp3) is 0.316. The summed E-state index contributed by atoms with van der Waals surface area (Å²) in [6, 6.07) is 12.5. The first-order valence-electron chi connectivity index (χ1n) is 9.04. The second kappa shape index (κ2) is 7.51. The van der Waals surface area contributed by atoms with Gasteiger partial charge in [0, 0.05) is 43.4 Å². The highest BCUT2D eigenvalue weighted by Crippen LogP contribution is 2.26. The van der Waals surface area contributed by atoms with Crippen molar-refractivity contribution in [2.75, 3.05) is 31.1 Å². The second-order valence-corrected chi connectivity index (χ2v) is 9.98. The van der Waals surface area contributed by atoms with E-state index in [4.69, 9.17) is 11.6 Å². The minimum atomic E-state index is -3.60. The Morgan fingerprint density at radius 3 is 2.50 bits per heavy atom. The summed E-state index contributed by atoms with van der Waals surface area (Å²) in [5, 5.41) is 0.666. The van der Waals surface area contributed by atoms with Crippen LogP contribution in [0.1, 0.15) is 6.92 Å². The number of nitrogens with zero attached hydrogens (tertiary/aromatic N) is 3. The van der Waals surface area contributed by atoms with Crippen LogP contribution in [0.15, 0.2) is 52.2 Å². The molecule has 4 rings (SSSR count). The predicted octanol–water partition coefficient (Wildman–Crippen LogP) is 3.25. The quantitative estimate of drug-likeness (QED) is 0.628. The second-order valence-electron chi connectivity index (χ2n) is 6.61.